The van der Waals surface area contributed by atoms with E-state index in [1.807, 2.05) is 17.8 Å². The molecular weight excluding hydrogens is 308 g/mol. The predicted octanol–water partition coefficient (Wildman–Crippen LogP) is 3.35. The predicted molar refractivity (Wildman–Crippen MR) is 89.8 cm³/mol. The van der Waals surface area contributed by atoms with Gasteiger partial charge >= 0.3 is 5.97 Å². The Hall–Kier alpha value is -2.32. The highest BCUT2D eigenvalue weighted by atomic mass is 32.2. The Morgan fingerprint density at radius 1 is 1.26 bits per heavy atom. The number of carboxylic acids is 1. The van der Waals surface area contributed by atoms with Crippen molar-refractivity contribution >= 4 is 17.7 Å². The van der Waals surface area contributed by atoms with Crippen molar-refractivity contribution in [3.8, 4) is 11.8 Å². The van der Waals surface area contributed by atoms with Gasteiger partial charge in [-0.1, -0.05) is 19.8 Å². The van der Waals surface area contributed by atoms with E-state index in [1.165, 1.54) is 22.9 Å². The van der Waals surface area contributed by atoms with E-state index in [1.54, 1.807) is 0 Å². The van der Waals surface area contributed by atoms with E-state index in [-0.39, 0.29) is 11.0 Å². The molecule has 2 aromatic rings. The van der Waals surface area contributed by atoms with Crippen LogP contribution in [0, 0.1) is 11.8 Å². The average Bonchev–Trinajstić information content (AvgIpc) is 2.53. The SMILES string of the molecule is CC1(C)CCSc2ccc(C#Cc3ncc(C(=O)O)cn3)cc21. The Balaban J connectivity index is 1.88. The van der Waals surface area contributed by atoms with E-state index in [2.05, 4.69) is 47.8 Å². The molecule has 3 rings (SSSR count). The molecule has 0 atom stereocenters. The van der Waals surface area contributed by atoms with Gasteiger partial charge in [0.1, 0.15) is 0 Å². The first-order valence-corrected chi connectivity index (χ1v) is 8.29. The number of benzene rings is 1. The number of fused-ring (bicyclic) bond motifs is 1. The van der Waals surface area contributed by atoms with Crippen LogP contribution in [-0.2, 0) is 5.41 Å². The number of carbonyl (C=O) groups is 1. The quantitative estimate of drug-likeness (QED) is 0.815. The summed E-state index contributed by atoms with van der Waals surface area (Å²) in [7, 11) is 0. The average molecular weight is 324 g/mol. The topological polar surface area (TPSA) is 63.1 Å². The summed E-state index contributed by atoms with van der Waals surface area (Å²) in [6.07, 6.45) is 3.69. The van der Waals surface area contributed by atoms with E-state index in [4.69, 9.17) is 5.11 Å². The molecule has 0 spiro atoms. The largest absolute Gasteiger partial charge is 0.478 e. The van der Waals surface area contributed by atoms with Gasteiger partial charge in [0.2, 0.25) is 5.82 Å². The summed E-state index contributed by atoms with van der Waals surface area (Å²) < 4.78 is 0. The van der Waals surface area contributed by atoms with Gasteiger partial charge < -0.3 is 5.11 Å². The normalized spacial score (nSPS) is 15.2. The molecule has 0 amide bonds. The number of aromatic carboxylic acids is 1. The highest BCUT2D eigenvalue weighted by Gasteiger charge is 2.27. The van der Waals surface area contributed by atoms with Crippen LogP contribution in [0.3, 0.4) is 0 Å². The maximum atomic E-state index is 10.8. The summed E-state index contributed by atoms with van der Waals surface area (Å²) in [5, 5.41) is 8.83. The van der Waals surface area contributed by atoms with Crippen molar-refractivity contribution in [2.75, 3.05) is 5.75 Å². The zero-order valence-electron chi connectivity index (χ0n) is 13.0. The molecule has 0 bridgehead atoms. The minimum absolute atomic E-state index is 0.0584. The number of carboxylic acid groups (broad SMARTS) is 1. The summed E-state index contributed by atoms with van der Waals surface area (Å²) >= 11 is 1.89. The number of hydrogen-bond donors (Lipinski definition) is 1. The Morgan fingerprint density at radius 3 is 2.70 bits per heavy atom. The third kappa shape index (κ3) is 3.38. The summed E-state index contributed by atoms with van der Waals surface area (Å²) in [6.45, 7) is 4.52. The van der Waals surface area contributed by atoms with Crippen molar-refractivity contribution in [2.45, 2.75) is 30.6 Å². The smallest absolute Gasteiger partial charge is 0.338 e. The lowest BCUT2D eigenvalue weighted by Crippen LogP contribution is -2.22. The van der Waals surface area contributed by atoms with E-state index in [9.17, 15) is 4.79 Å². The second-order valence-corrected chi connectivity index (χ2v) is 7.18. The van der Waals surface area contributed by atoms with Crippen molar-refractivity contribution in [3.05, 3.63) is 53.1 Å². The molecular formula is C18H16N2O2S. The zero-order chi connectivity index (χ0) is 16.4. The first-order chi connectivity index (χ1) is 11.0. The summed E-state index contributed by atoms with van der Waals surface area (Å²) in [5.41, 5.74) is 2.48. The number of rotatable bonds is 1. The molecule has 0 saturated heterocycles. The number of thioether (sulfide) groups is 1. The van der Waals surface area contributed by atoms with Gasteiger partial charge in [0, 0.05) is 22.9 Å². The Morgan fingerprint density at radius 2 is 2.00 bits per heavy atom. The molecule has 1 N–H and O–H groups in total. The monoisotopic (exact) mass is 324 g/mol. The van der Waals surface area contributed by atoms with Crippen LogP contribution >= 0.6 is 11.8 Å². The molecule has 0 radical (unpaired) electrons. The zero-order valence-corrected chi connectivity index (χ0v) is 13.8. The molecule has 1 aromatic carbocycles. The van der Waals surface area contributed by atoms with Crippen LogP contribution in [-0.4, -0.2) is 26.8 Å². The second kappa shape index (κ2) is 6.05. The number of hydrogen-bond acceptors (Lipinski definition) is 4. The van der Waals surface area contributed by atoms with E-state index >= 15 is 0 Å². The van der Waals surface area contributed by atoms with Gasteiger partial charge in [-0.2, -0.15) is 0 Å². The van der Waals surface area contributed by atoms with Gasteiger partial charge in [-0.3, -0.25) is 0 Å². The van der Waals surface area contributed by atoms with Gasteiger partial charge in [0.05, 0.1) is 5.56 Å². The fourth-order valence-electron chi connectivity index (χ4n) is 2.44. The van der Waals surface area contributed by atoms with Crippen molar-refractivity contribution in [1.82, 2.24) is 9.97 Å². The van der Waals surface area contributed by atoms with Crippen LogP contribution in [0.4, 0.5) is 0 Å². The van der Waals surface area contributed by atoms with Crippen LogP contribution in [0.5, 0.6) is 0 Å². The highest BCUT2D eigenvalue weighted by molar-refractivity contribution is 7.99. The van der Waals surface area contributed by atoms with E-state index < -0.39 is 5.97 Å². The molecule has 0 saturated carbocycles. The number of aromatic nitrogens is 2. The summed E-state index contributed by atoms with van der Waals surface area (Å²) in [4.78, 5) is 20.0. The minimum atomic E-state index is -1.04. The maximum Gasteiger partial charge on any atom is 0.338 e. The molecule has 1 aromatic heterocycles. The van der Waals surface area contributed by atoms with Crippen molar-refractivity contribution in [2.24, 2.45) is 0 Å². The Kier molecular flexibility index (Phi) is 4.10. The molecule has 0 aliphatic carbocycles. The molecule has 2 heterocycles. The lowest BCUT2D eigenvalue weighted by Gasteiger charge is -2.32. The van der Waals surface area contributed by atoms with Crippen molar-refractivity contribution < 1.29 is 9.90 Å². The van der Waals surface area contributed by atoms with Crippen LogP contribution in [0.15, 0.2) is 35.5 Å². The van der Waals surface area contributed by atoms with Crippen LogP contribution in [0.2, 0.25) is 0 Å². The fraction of sp³-hybridized carbons (Fsp3) is 0.278. The Bertz CT molecular complexity index is 817. The van der Waals surface area contributed by atoms with Gasteiger partial charge in [0.25, 0.3) is 0 Å². The van der Waals surface area contributed by atoms with Gasteiger partial charge in [0.15, 0.2) is 0 Å². The van der Waals surface area contributed by atoms with E-state index in [0.717, 1.165) is 17.7 Å². The summed E-state index contributed by atoms with van der Waals surface area (Å²) in [6, 6.07) is 6.27. The van der Waals surface area contributed by atoms with Gasteiger partial charge in [-0.05, 0) is 47.3 Å². The number of nitrogens with zero attached hydrogens (tertiary/aromatic N) is 2. The molecule has 1 aliphatic heterocycles. The summed E-state index contributed by atoms with van der Waals surface area (Å²) in [5.74, 6) is 6.38. The first kappa shape index (κ1) is 15.6. The van der Waals surface area contributed by atoms with Crippen molar-refractivity contribution in [3.63, 3.8) is 0 Å². The van der Waals surface area contributed by atoms with Crippen LogP contribution in [0.1, 0.15) is 47.6 Å². The third-order valence-corrected chi connectivity index (χ3v) is 4.99. The molecule has 0 unspecified atom stereocenters. The first-order valence-electron chi connectivity index (χ1n) is 7.30. The van der Waals surface area contributed by atoms with Crippen LogP contribution < -0.4 is 0 Å². The Labute approximate surface area is 139 Å². The van der Waals surface area contributed by atoms with Gasteiger partial charge in [-0.25, -0.2) is 14.8 Å². The van der Waals surface area contributed by atoms with Crippen LogP contribution in [0.25, 0.3) is 0 Å². The maximum absolute atomic E-state index is 10.8. The molecule has 5 heteroatoms. The lowest BCUT2D eigenvalue weighted by atomic mass is 9.81. The highest BCUT2D eigenvalue weighted by Crippen LogP contribution is 2.41. The third-order valence-electron chi connectivity index (χ3n) is 3.91. The molecule has 23 heavy (non-hydrogen) atoms. The van der Waals surface area contributed by atoms with E-state index in [0.29, 0.717) is 5.82 Å². The lowest BCUT2D eigenvalue weighted by molar-refractivity contribution is 0.0696. The molecule has 116 valence electrons. The molecule has 4 nitrogen and oxygen atoms in total. The molecule has 1 aliphatic rings. The fourth-order valence-corrected chi connectivity index (χ4v) is 3.93. The van der Waals surface area contributed by atoms with Crippen molar-refractivity contribution in [1.29, 1.82) is 0 Å². The van der Waals surface area contributed by atoms with Gasteiger partial charge in [-0.15, -0.1) is 11.8 Å². The molecule has 0 fully saturated rings. The minimum Gasteiger partial charge on any atom is -0.478 e. The standard InChI is InChI=1S/C18H16N2O2S/c1-18(2)7-8-23-15-5-3-12(9-14(15)18)4-6-16-19-10-13(11-20-16)17(21)22/h3,5,9-11H,7-8H2,1-2H3,(H,21,22). The second-order valence-electron chi connectivity index (χ2n) is 6.04.